The van der Waals surface area contributed by atoms with Gasteiger partial charge in [0.15, 0.2) is 0 Å². The molecule has 4 rings (SSSR count). The van der Waals surface area contributed by atoms with Gasteiger partial charge in [0.25, 0.3) is 0 Å². The van der Waals surface area contributed by atoms with Gasteiger partial charge in [-0.3, -0.25) is 4.79 Å². The van der Waals surface area contributed by atoms with E-state index in [2.05, 4.69) is 57.3 Å². The lowest BCUT2D eigenvalue weighted by Gasteiger charge is -2.16. The summed E-state index contributed by atoms with van der Waals surface area (Å²) >= 11 is 3.45. The first-order valence-electron chi connectivity index (χ1n) is 9.07. The molecule has 2 heterocycles. The van der Waals surface area contributed by atoms with Crippen LogP contribution in [0.25, 0.3) is 11.4 Å². The van der Waals surface area contributed by atoms with Gasteiger partial charge in [0.2, 0.25) is 17.6 Å². The van der Waals surface area contributed by atoms with Crippen molar-refractivity contribution in [3.63, 3.8) is 0 Å². The lowest BCUT2D eigenvalue weighted by Crippen LogP contribution is -2.24. The maximum Gasteiger partial charge on any atom is 0.232 e. The lowest BCUT2D eigenvalue weighted by atomic mass is 10.1. The molecule has 0 saturated carbocycles. The second-order valence-electron chi connectivity index (χ2n) is 6.81. The number of amides is 1. The summed E-state index contributed by atoms with van der Waals surface area (Å²) in [5.41, 5.74) is 3.33. The molecule has 27 heavy (non-hydrogen) atoms. The van der Waals surface area contributed by atoms with Gasteiger partial charge in [-0.25, -0.2) is 0 Å². The van der Waals surface area contributed by atoms with Gasteiger partial charge in [-0.05, 0) is 29.7 Å². The molecule has 1 atom stereocenters. The van der Waals surface area contributed by atoms with Crippen molar-refractivity contribution in [2.45, 2.75) is 32.2 Å². The Labute approximate surface area is 166 Å². The number of nitrogens with zero attached hydrogens (tertiary/aromatic N) is 3. The number of carbonyl (C=O) groups excluding carboxylic acids is 1. The molecule has 0 bridgehead atoms. The van der Waals surface area contributed by atoms with Crippen molar-refractivity contribution in [3.05, 3.63) is 70.0 Å². The Morgan fingerprint density at radius 3 is 2.70 bits per heavy atom. The van der Waals surface area contributed by atoms with Crippen LogP contribution < -0.4 is 0 Å². The van der Waals surface area contributed by atoms with E-state index in [4.69, 9.17) is 4.52 Å². The highest BCUT2D eigenvalue weighted by Gasteiger charge is 2.34. The van der Waals surface area contributed by atoms with Crippen molar-refractivity contribution in [1.82, 2.24) is 15.0 Å². The summed E-state index contributed by atoms with van der Waals surface area (Å²) < 4.78 is 6.43. The fraction of sp³-hybridized carbons (Fsp3) is 0.286. The number of likely N-dealkylation sites (tertiary alicyclic amines) is 1. The number of halogens is 1. The maximum absolute atomic E-state index is 12.4. The van der Waals surface area contributed by atoms with Crippen molar-refractivity contribution in [2.75, 3.05) is 6.54 Å². The smallest absolute Gasteiger partial charge is 0.232 e. The number of aromatic nitrogens is 2. The topological polar surface area (TPSA) is 59.2 Å². The highest BCUT2D eigenvalue weighted by Crippen LogP contribution is 2.30. The molecule has 0 N–H and O–H groups in total. The van der Waals surface area contributed by atoms with Gasteiger partial charge in [0.1, 0.15) is 0 Å². The normalized spacial score (nSPS) is 16.9. The predicted octanol–water partition coefficient (Wildman–Crippen LogP) is 4.58. The van der Waals surface area contributed by atoms with E-state index in [0.29, 0.717) is 31.2 Å². The first-order valence-corrected chi connectivity index (χ1v) is 9.87. The average Bonchev–Trinajstić information content (AvgIpc) is 3.30. The molecule has 6 heteroatoms. The Morgan fingerprint density at radius 1 is 1.19 bits per heavy atom. The number of benzene rings is 2. The first-order chi connectivity index (χ1) is 13.1. The summed E-state index contributed by atoms with van der Waals surface area (Å²) in [5.74, 6) is 1.15. The molecule has 5 nitrogen and oxygen atoms in total. The van der Waals surface area contributed by atoms with Crippen LogP contribution in [0.3, 0.4) is 0 Å². The molecule has 1 aromatic heterocycles. The Kier molecular flexibility index (Phi) is 5.07. The van der Waals surface area contributed by atoms with E-state index in [1.54, 1.807) is 0 Å². The Balaban J connectivity index is 1.46. The first kappa shape index (κ1) is 17.9. The molecular weight excluding hydrogens is 406 g/mol. The molecule has 1 fully saturated rings. The fourth-order valence-corrected chi connectivity index (χ4v) is 3.74. The molecular formula is C21H20BrN3O2. The molecule has 138 valence electrons. The SMILES string of the molecule is CCc1ccc(CN2CC(c3nc(-c4cccc(Br)c4)no3)CC2=O)cc1. The largest absolute Gasteiger partial charge is 0.339 e. The highest BCUT2D eigenvalue weighted by molar-refractivity contribution is 9.10. The van der Waals surface area contributed by atoms with Crippen LogP contribution in [0.5, 0.6) is 0 Å². The summed E-state index contributed by atoms with van der Waals surface area (Å²) in [6.07, 6.45) is 1.43. The van der Waals surface area contributed by atoms with E-state index in [-0.39, 0.29) is 11.8 Å². The zero-order valence-corrected chi connectivity index (χ0v) is 16.6. The zero-order valence-electron chi connectivity index (χ0n) is 15.1. The fourth-order valence-electron chi connectivity index (χ4n) is 3.34. The Bertz CT molecular complexity index is 952. The molecule has 1 unspecified atom stereocenters. The minimum absolute atomic E-state index is 0.0548. The summed E-state index contributed by atoms with van der Waals surface area (Å²) in [6.45, 7) is 3.36. The monoisotopic (exact) mass is 425 g/mol. The third kappa shape index (κ3) is 3.95. The highest BCUT2D eigenvalue weighted by atomic mass is 79.9. The molecule has 2 aromatic carbocycles. The van der Waals surface area contributed by atoms with E-state index < -0.39 is 0 Å². The molecule has 0 radical (unpaired) electrons. The quantitative estimate of drug-likeness (QED) is 0.600. The third-order valence-electron chi connectivity index (χ3n) is 4.89. The standard InChI is InChI=1S/C21H20BrN3O2/c1-2-14-6-8-15(9-7-14)12-25-13-17(11-19(25)26)21-23-20(24-27-21)16-4-3-5-18(22)10-16/h3-10,17H,2,11-13H2,1H3. The summed E-state index contributed by atoms with van der Waals surface area (Å²) in [7, 11) is 0. The Hall–Kier alpha value is -2.47. The van der Waals surface area contributed by atoms with Crippen molar-refractivity contribution in [2.24, 2.45) is 0 Å². The van der Waals surface area contributed by atoms with Crippen LogP contribution in [0.2, 0.25) is 0 Å². The third-order valence-corrected chi connectivity index (χ3v) is 5.39. The maximum atomic E-state index is 12.4. The lowest BCUT2D eigenvalue weighted by molar-refractivity contribution is -0.128. The molecule has 0 spiro atoms. The van der Waals surface area contributed by atoms with Gasteiger partial charge in [-0.15, -0.1) is 0 Å². The minimum Gasteiger partial charge on any atom is -0.339 e. The van der Waals surface area contributed by atoms with Crippen LogP contribution in [0.4, 0.5) is 0 Å². The van der Waals surface area contributed by atoms with Crippen molar-refractivity contribution in [1.29, 1.82) is 0 Å². The van der Waals surface area contributed by atoms with Gasteiger partial charge in [0.05, 0.1) is 5.92 Å². The van der Waals surface area contributed by atoms with E-state index in [0.717, 1.165) is 22.0 Å². The molecule has 1 aliphatic heterocycles. The second kappa shape index (κ2) is 7.64. The van der Waals surface area contributed by atoms with Crippen LogP contribution in [0.15, 0.2) is 57.5 Å². The van der Waals surface area contributed by atoms with Crippen LogP contribution in [-0.4, -0.2) is 27.5 Å². The second-order valence-corrected chi connectivity index (χ2v) is 7.73. The number of aryl methyl sites for hydroxylation is 1. The summed E-state index contributed by atoms with van der Waals surface area (Å²) in [4.78, 5) is 18.8. The van der Waals surface area contributed by atoms with Crippen LogP contribution in [-0.2, 0) is 17.8 Å². The summed E-state index contributed by atoms with van der Waals surface area (Å²) in [6, 6.07) is 16.2. The van der Waals surface area contributed by atoms with Gasteiger partial charge in [0, 0.05) is 29.5 Å². The van der Waals surface area contributed by atoms with Crippen LogP contribution in [0.1, 0.15) is 36.3 Å². The number of carbonyl (C=O) groups is 1. The van der Waals surface area contributed by atoms with Crippen molar-refractivity contribution >= 4 is 21.8 Å². The molecule has 1 amide bonds. The van der Waals surface area contributed by atoms with E-state index in [1.807, 2.05) is 29.2 Å². The summed E-state index contributed by atoms with van der Waals surface area (Å²) in [5, 5.41) is 4.09. The van der Waals surface area contributed by atoms with Crippen LogP contribution >= 0.6 is 15.9 Å². The molecule has 3 aromatic rings. The van der Waals surface area contributed by atoms with E-state index >= 15 is 0 Å². The zero-order chi connectivity index (χ0) is 18.8. The van der Waals surface area contributed by atoms with Gasteiger partial charge in [-0.1, -0.05) is 64.4 Å². The number of hydrogen-bond acceptors (Lipinski definition) is 4. The average molecular weight is 426 g/mol. The Morgan fingerprint density at radius 2 is 1.96 bits per heavy atom. The van der Waals surface area contributed by atoms with Crippen molar-refractivity contribution in [3.8, 4) is 11.4 Å². The molecule has 1 saturated heterocycles. The van der Waals surface area contributed by atoms with Crippen molar-refractivity contribution < 1.29 is 9.32 Å². The van der Waals surface area contributed by atoms with Gasteiger partial charge in [-0.2, -0.15) is 4.98 Å². The van der Waals surface area contributed by atoms with Gasteiger partial charge < -0.3 is 9.42 Å². The van der Waals surface area contributed by atoms with Crippen LogP contribution in [0, 0.1) is 0 Å². The molecule has 1 aliphatic rings. The van der Waals surface area contributed by atoms with Gasteiger partial charge >= 0.3 is 0 Å². The predicted molar refractivity (Wildman–Crippen MR) is 106 cm³/mol. The number of hydrogen-bond donors (Lipinski definition) is 0. The van der Waals surface area contributed by atoms with E-state index in [9.17, 15) is 4.79 Å². The molecule has 0 aliphatic carbocycles. The number of rotatable bonds is 5. The minimum atomic E-state index is -0.0548. The van der Waals surface area contributed by atoms with E-state index in [1.165, 1.54) is 5.56 Å².